The van der Waals surface area contributed by atoms with Crippen molar-refractivity contribution >= 4 is 10.9 Å². The standard InChI is InChI=1S/C21H19N5/c22-8-1-3-14-11-17(12-14)26-13-18(19(25-26)16-5-6-16)21-20-15(7-10-24-21)4-2-9-23-20/h1-4,7,9-10,13-14,16-17H,5-6,11-12H2/b3-1+. The second-order valence-electron chi connectivity index (χ2n) is 7.29. The lowest BCUT2D eigenvalue weighted by atomic mass is 9.80. The highest BCUT2D eigenvalue weighted by Crippen LogP contribution is 2.46. The highest BCUT2D eigenvalue weighted by Gasteiger charge is 2.34. The zero-order valence-corrected chi connectivity index (χ0v) is 14.4. The molecule has 5 rings (SSSR count). The number of hydrogen-bond acceptors (Lipinski definition) is 4. The molecule has 3 aromatic rings. The van der Waals surface area contributed by atoms with Crippen LogP contribution in [0.5, 0.6) is 0 Å². The summed E-state index contributed by atoms with van der Waals surface area (Å²) < 4.78 is 2.13. The van der Waals surface area contributed by atoms with Crippen molar-refractivity contribution in [1.82, 2.24) is 19.7 Å². The molecule has 0 radical (unpaired) electrons. The van der Waals surface area contributed by atoms with Gasteiger partial charge in [0.1, 0.15) is 0 Å². The summed E-state index contributed by atoms with van der Waals surface area (Å²) in [6.45, 7) is 0. The third-order valence-electron chi connectivity index (χ3n) is 5.47. The number of allylic oxidation sites excluding steroid dienone is 2. The molecule has 5 heteroatoms. The summed E-state index contributed by atoms with van der Waals surface area (Å²) in [5, 5.41) is 14.7. The summed E-state index contributed by atoms with van der Waals surface area (Å²) in [7, 11) is 0. The van der Waals surface area contributed by atoms with Crippen molar-refractivity contribution in [1.29, 1.82) is 5.26 Å². The van der Waals surface area contributed by atoms with E-state index < -0.39 is 0 Å². The first-order valence-corrected chi connectivity index (χ1v) is 9.19. The lowest BCUT2D eigenvalue weighted by molar-refractivity contribution is 0.223. The van der Waals surface area contributed by atoms with E-state index in [4.69, 9.17) is 10.4 Å². The van der Waals surface area contributed by atoms with Gasteiger partial charge in [-0.1, -0.05) is 12.1 Å². The van der Waals surface area contributed by atoms with Crippen LogP contribution >= 0.6 is 0 Å². The summed E-state index contributed by atoms with van der Waals surface area (Å²) in [4.78, 5) is 9.23. The summed E-state index contributed by atoms with van der Waals surface area (Å²) in [6.07, 6.45) is 14.0. The highest BCUT2D eigenvalue weighted by molar-refractivity contribution is 5.91. The summed E-state index contributed by atoms with van der Waals surface area (Å²) in [5.74, 6) is 1.05. The maximum Gasteiger partial charge on any atom is 0.0999 e. The SMILES string of the molecule is N#C/C=C/C1CC(n2cc(-c3nccc4cccnc34)c(C3CC3)n2)C1. The minimum Gasteiger partial charge on any atom is -0.269 e. The summed E-state index contributed by atoms with van der Waals surface area (Å²) >= 11 is 0. The molecule has 2 fully saturated rings. The smallest absolute Gasteiger partial charge is 0.0999 e. The molecule has 0 N–H and O–H groups in total. The Morgan fingerprint density at radius 1 is 1.15 bits per heavy atom. The lowest BCUT2D eigenvalue weighted by Gasteiger charge is -2.33. The average molecular weight is 341 g/mol. The largest absolute Gasteiger partial charge is 0.269 e. The zero-order valence-electron chi connectivity index (χ0n) is 14.4. The Hall–Kier alpha value is -3.00. The fourth-order valence-electron chi connectivity index (χ4n) is 3.82. The summed E-state index contributed by atoms with van der Waals surface area (Å²) in [6, 6.07) is 8.53. The van der Waals surface area contributed by atoms with Crippen LogP contribution in [-0.4, -0.2) is 19.7 Å². The molecule has 2 aliphatic rings. The van der Waals surface area contributed by atoms with E-state index in [0.29, 0.717) is 17.9 Å². The van der Waals surface area contributed by atoms with Crippen LogP contribution in [0, 0.1) is 17.2 Å². The third kappa shape index (κ3) is 2.59. The molecule has 0 amide bonds. The van der Waals surface area contributed by atoms with E-state index in [2.05, 4.69) is 33.0 Å². The predicted molar refractivity (Wildman–Crippen MR) is 99.2 cm³/mol. The van der Waals surface area contributed by atoms with Gasteiger partial charge in [0.2, 0.25) is 0 Å². The fraction of sp³-hybridized carbons (Fsp3) is 0.333. The first-order chi connectivity index (χ1) is 12.8. The Kier molecular flexibility index (Phi) is 3.56. The van der Waals surface area contributed by atoms with Gasteiger partial charge in [-0.2, -0.15) is 10.4 Å². The van der Waals surface area contributed by atoms with Crippen molar-refractivity contribution in [3.8, 4) is 17.3 Å². The van der Waals surface area contributed by atoms with E-state index in [1.54, 1.807) is 6.08 Å². The molecule has 0 unspecified atom stereocenters. The molecule has 128 valence electrons. The van der Waals surface area contributed by atoms with Gasteiger partial charge in [-0.15, -0.1) is 0 Å². The first kappa shape index (κ1) is 15.3. The number of nitrogens with zero attached hydrogens (tertiary/aromatic N) is 5. The molecule has 26 heavy (non-hydrogen) atoms. The van der Waals surface area contributed by atoms with Crippen LogP contribution in [0.15, 0.2) is 48.9 Å². The van der Waals surface area contributed by atoms with Crippen LogP contribution in [0.1, 0.15) is 43.3 Å². The molecule has 2 saturated carbocycles. The number of aromatic nitrogens is 4. The Balaban J connectivity index is 1.52. The van der Waals surface area contributed by atoms with Crippen LogP contribution in [0.3, 0.4) is 0 Å². The molecular formula is C21H19N5. The minimum atomic E-state index is 0.414. The van der Waals surface area contributed by atoms with E-state index in [1.807, 2.05) is 30.6 Å². The van der Waals surface area contributed by atoms with Crippen molar-refractivity contribution in [3.05, 3.63) is 54.6 Å². The van der Waals surface area contributed by atoms with Gasteiger partial charge in [-0.3, -0.25) is 14.6 Å². The van der Waals surface area contributed by atoms with Gasteiger partial charge < -0.3 is 0 Å². The van der Waals surface area contributed by atoms with Gasteiger partial charge in [-0.05, 0) is 43.7 Å². The second-order valence-corrected chi connectivity index (χ2v) is 7.29. The van der Waals surface area contributed by atoms with Crippen LogP contribution in [0.2, 0.25) is 0 Å². The topological polar surface area (TPSA) is 67.4 Å². The highest BCUT2D eigenvalue weighted by atomic mass is 15.3. The Morgan fingerprint density at radius 2 is 2.04 bits per heavy atom. The van der Waals surface area contributed by atoms with Crippen LogP contribution < -0.4 is 0 Å². The third-order valence-corrected chi connectivity index (χ3v) is 5.47. The predicted octanol–water partition coefficient (Wildman–Crippen LogP) is 4.40. The zero-order chi connectivity index (χ0) is 17.5. The summed E-state index contributed by atoms with van der Waals surface area (Å²) in [5.41, 5.74) is 4.19. The molecule has 5 nitrogen and oxygen atoms in total. The first-order valence-electron chi connectivity index (χ1n) is 9.19. The molecule has 0 spiro atoms. The molecule has 3 aromatic heterocycles. The van der Waals surface area contributed by atoms with Crippen LogP contribution in [0.4, 0.5) is 0 Å². The Labute approximate surface area is 152 Å². The molecule has 2 aliphatic carbocycles. The fourth-order valence-corrected chi connectivity index (χ4v) is 3.82. The average Bonchev–Trinajstić information content (AvgIpc) is 3.40. The van der Waals surface area contributed by atoms with Crippen molar-refractivity contribution < 1.29 is 0 Å². The Morgan fingerprint density at radius 3 is 2.85 bits per heavy atom. The number of hydrogen-bond donors (Lipinski definition) is 0. The van der Waals surface area contributed by atoms with Crippen molar-refractivity contribution in [3.63, 3.8) is 0 Å². The molecule has 0 bridgehead atoms. The molecule has 0 atom stereocenters. The number of rotatable bonds is 4. The van der Waals surface area contributed by atoms with E-state index in [9.17, 15) is 0 Å². The van der Waals surface area contributed by atoms with Crippen molar-refractivity contribution in [2.24, 2.45) is 5.92 Å². The van der Waals surface area contributed by atoms with E-state index in [0.717, 1.165) is 35.0 Å². The molecule has 0 aliphatic heterocycles. The second kappa shape index (κ2) is 6.06. The van der Waals surface area contributed by atoms with Gasteiger partial charge in [0.05, 0.1) is 29.0 Å². The van der Waals surface area contributed by atoms with Crippen molar-refractivity contribution in [2.75, 3.05) is 0 Å². The van der Waals surface area contributed by atoms with E-state index in [-0.39, 0.29) is 0 Å². The quantitative estimate of drug-likeness (QED) is 0.660. The van der Waals surface area contributed by atoms with Crippen molar-refractivity contribution in [2.45, 2.75) is 37.6 Å². The van der Waals surface area contributed by atoms with Gasteiger partial charge in [0.25, 0.3) is 0 Å². The van der Waals surface area contributed by atoms with Gasteiger partial charge >= 0.3 is 0 Å². The minimum absolute atomic E-state index is 0.414. The lowest BCUT2D eigenvalue weighted by Crippen LogP contribution is -2.25. The van der Waals surface area contributed by atoms with Gasteiger partial charge in [-0.25, -0.2) is 0 Å². The van der Waals surface area contributed by atoms with E-state index in [1.165, 1.54) is 18.5 Å². The van der Waals surface area contributed by atoms with Crippen LogP contribution in [0.25, 0.3) is 22.2 Å². The molecule has 3 heterocycles. The monoisotopic (exact) mass is 341 g/mol. The Bertz CT molecular complexity index is 1030. The number of fused-ring (bicyclic) bond motifs is 1. The van der Waals surface area contributed by atoms with E-state index >= 15 is 0 Å². The number of nitriles is 1. The van der Waals surface area contributed by atoms with Crippen LogP contribution in [-0.2, 0) is 0 Å². The normalized spacial score (nSPS) is 22.4. The maximum atomic E-state index is 8.67. The molecule has 0 aromatic carbocycles. The van der Waals surface area contributed by atoms with Gasteiger partial charge in [0, 0.05) is 41.5 Å². The number of pyridine rings is 2. The molecule has 0 saturated heterocycles. The maximum absolute atomic E-state index is 8.67. The molecular weight excluding hydrogens is 322 g/mol. The van der Waals surface area contributed by atoms with Gasteiger partial charge in [0.15, 0.2) is 0 Å².